The molecule has 0 aliphatic heterocycles. The molecule has 8 heteroatoms. The summed E-state index contributed by atoms with van der Waals surface area (Å²) in [6.45, 7) is 7.39. The number of fused-ring (bicyclic) bond motifs is 1. The van der Waals surface area contributed by atoms with E-state index in [2.05, 4.69) is 75.1 Å². The van der Waals surface area contributed by atoms with Crippen LogP contribution in [-0.2, 0) is 13.1 Å². The van der Waals surface area contributed by atoms with Gasteiger partial charge in [0.15, 0.2) is 0 Å². The fourth-order valence-corrected chi connectivity index (χ4v) is 4.68. The van der Waals surface area contributed by atoms with Gasteiger partial charge in [-0.25, -0.2) is 4.98 Å². The van der Waals surface area contributed by atoms with Crippen LogP contribution in [0, 0.1) is 6.92 Å². The molecule has 0 fully saturated rings. The monoisotopic (exact) mass is 560 g/mol. The molecule has 0 atom stereocenters. The Bertz CT molecular complexity index is 1260. The van der Waals surface area contributed by atoms with Crippen LogP contribution in [0.15, 0.2) is 45.5 Å². The van der Waals surface area contributed by atoms with E-state index >= 15 is 0 Å². The molecular weight excluding hydrogens is 536 g/mol. The lowest BCUT2D eigenvalue weighted by molar-refractivity contribution is 0.278. The Morgan fingerprint density at radius 3 is 2.44 bits per heavy atom. The summed E-state index contributed by atoms with van der Waals surface area (Å²) in [6.07, 6.45) is 1.80. The standard InChI is InChI=1S/C24H26Br2N4O2/c1-14(2)16-5-7-17(8-6-16)24-28-22-21(26)18(13-30-15(3)19(25)12-27-30)11-20(32-4)23(22)29(24)9-10-31/h5-8,11-12,14,31H,9-10,13H2,1-4H3. The molecule has 0 spiro atoms. The van der Waals surface area contributed by atoms with E-state index in [4.69, 9.17) is 9.72 Å². The average Bonchev–Trinajstić information content (AvgIpc) is 3.32. The number of hydrogen-bond acceptors (Lipinski definition) is 4. The zero-order valence-electron chi connectivity index (χ0n) is 18.6. The van der Waals surface area contributed by atoms with Crippen molar-refractivity contribution in [3.63, 3.8) is 0 Å². The number of halogens is 2. The van der Waals surface area contributed by atoms with Gasteiger partial charge in [-0.1, -0.05) is 38.1 Å². The SMILES string of the molecule is COc1cc(Cn2ncc(Br)c2C)c(Br)c2nc(-c3ccc(C(C)C)cc3)n(CCO)c12. The highest BCUT2D eigenvalue weighted by atomic mass is 79.9. The highest BCUT2D eigenvalue weighted by molar-refractivity contribution is 9.11. The summed E-state index contributed by atoms with van der Waals surface area (Å²) in [4.78, 5) is 5.00. The second-order valence-electron chi connectivity index (χ2n) is 8.07. The third-order valence-corrected chi connectivity index (χ3v) is 7.40. The van der Waals surface area contributed by atoms with Crippen molar-refractivity contribution >= 4 is 42.9 Å². The lowest BCUT2D eigenvalue weighted by Crippen LogP contribution is -2.07. The lowest BCUT2D eigenvalue weighted by Gasteiger charge is -2.13. The molecule has 0 saturated carbocycles. The second kappa shape index (κ2) is 9.37. The fraction of sp³-hybridized carbons (Fsp3) is 0.333. The van der Waals surface area contributed by atoms with E-state index in [-0.39, 0.29) is 6.61 Å². The highest BCUT2D eigenvalue weighted by Gasteiger charge is 2.21. The molecule has 0 aliphatic rings. The third-order valence-electron chi connectivity index (χ3n) is 5.74. The topological polar surface area (TPSA) is 65.1 Å². The zero-order valence-corrected chi connectivity index (χ0v) is 21.7. The van der Waals surface area contributed by atoms with Gasteiger partial charge in [0, 0.05) is 17.8 Å². The first-order chi connectivity index (χ1) is 15.3. The van der Waals surface area contributed by atoms with Crippen LogP contribution in [0.3, 0.4) is 0 Å². The molecule has 2 aromatic carbocycles. The van der Waals surface area contributed by atoms with Crippen molar-refractivity contribution in [2.45, 2.75) is 39.8 Å². The van der Waals surface area contributed by atoms with Crippen molar-refractivity contribution in [3.8, 4) is 17.1 Å². The predicted molar refractivity (Wildman–Crippen MR) is 134 cm³/mol. The molecule has 0 aliphatic carbocycles. The summed E-state index contributed by atoms with van der Waals surface area (Å²) in [6, 6.07) is 10.5. The number of imidazole rings is 1. The minimum atomic E-state index is 0.00553. The molecule has 1 N–H and O–H groups in total. The van der Waals surface area contributed by atoms with Gasteiger partial charge in [0.2, 0.25) is 0 Å². The first kappa shape index (κ1) is 23.0. The van der Waals surface area contributed by atoms with Crippen molar-refractivity contribution in [3.05, 3.63) is 62.3 Å². The molecule has 2 aromatic heterocycles. The third kappa shape index (κ3) is 4.11. The van der Waals surface area contributed by atoms with Gasteiger partial charge in [-0.3, -0.25) is 4.68 Å². The Morgan fingerprint density at radius 1 is 1.16 bits per heavy atom. The Morgan fingerprint density at radius 2 is 1.88 bits per heavy atom. The molecular formula is C24H26Br2N4O2. The van der Waals surface area contributed by atoms with Crippen LogP contribution in [0.2, 0.25) is 0 Å². The summed E-state index contributed by atoms with van der Waals surface area (Å²) in [5.41, 5.74) is 6.01. The van der Waals surface area contributed by atoms with Gasteiger partial charge < -0.3 is 14.4 Å². The van der Waals surface area contributed by atoms with Crippen molar-refractivity contribution in [2.24, 2.45) is 0 Å². The molecule has 6 nitrogen and oxygen atoms in total. The molecule has 0 radical (unpaired) electrons. The summed E-state index contributed by atoms with van der Waals surface area (Å²) < 4.78 is 11.6. The molecule has 0 bridgehead atoms. The van der Waals surface area contributed by atoms with Crippen LogP contribution < -0.4 is 4.74 Å². The van der Waals surface area contributed by atoms with Crippen LogP contribution in [0.1, 0.15) is 36.6 Å². The van der Waals surface area contributed by atoms with Crippen molar-refractivity contribution in [2.75, 3.05) is 13.7 Å². The van der Waals surface area contributed by atoms with Crippen LogP contribution in [-0.4, -0.2) is 38.2 Å². The van der Waals surface area contributed by atoms with Crippen LogP contribution in [0.5, 0.6) is 5.75 Å². The summed E-state index contributed by atoms with van der Waals surface area (Å²) in [7, 11) is 1.66. The van der Waals surface area contributed by atoms with Gasteiger partial charge in [0.1, 0.15) is 22.6 Å². The van der Waals surface area contributed by atoms with Crippen molar-refractivity contribution in [1.82, 2.24) is 19.3 Å². The van der Waals surface area contributed by atoms with Gasteiger partial charge in [0.05, 0.1) is 35.4 Å². The maximum Gasteiger partial charge on any atom is 0.145 e. The van der Waals surface area contributed by atoms with Gasteiger partial charge in [-0.2, -0.15) is 5.10 Å². The predicted octanol–water partition coefficient (Wildman–Crippen LogP) is 5.91. The Labute approximate surface area is 204 Å². The molecule has 0 unspecified atom stereocenters. The number of hydrogen-bond donors (Lipinski definition) is 1. The zero-order chi connectivity index (χ0) is 23.0. The number of ether oxygens (including phenoxy) is 1. The van der Waals surface area contributed by atoms with E-state index in [1.54, 1.807) is 13.3 Å². The van der Waals surface area contributed by atoms with E-state index in [1.165, 1.54) is 5.56 Å². The first-order valence-corrected chi connectivity index (χ1v) is 12.1. The summed E-state index contributed by atoms with van der Waals surface area (Å²) >= 11 is 7.32. The van der Waals surface area contributed by atoms with Gasteiger partial charge >= 0.3 is 0 Å². The molecule has 0 saturated heterocycles. The minimum Gasteiger partial charge on any atom is -0.494 e. The Balaban J connectivity index is 1.89. The number of benzene rings is 2. The first-order valence-electron chi connectivity index (χ1n) is 10.5. The van der Waals surface area contributed by atoms with E-state index in [1.807, 2.05) is 22.2 Å². The molecule has 2 heterocycles. The molecule has 168 valence electrons. The maximum absolute atomic E-state index is 9.78. The van der Waals surface area contributed by atoms with Gasteiger partial charge in [0.25, 0.3) is 0 Å². The van der Waals surface area contributed by atoms with Crippen LogP contribution in [0.4, 0.5) is 0 Å². The number of methoxy groups -OCH3 is 1. The average molecular weight is 562 g/mol. The Hall–Kier alpha value is -2.16. The second-order valence-corrected chi connectivity index (χ2v) is 9.72. The lowest BCUT2D eigenvalue weighted by atomic mass is 10.0. The molecule has 0 amide bonds. The normalized spacial score (nSPS) is 11.6. The number of aliphatic hydroxyl groups is 1. The number of aromatic nitrogens is 4. The van der Waals surface area contributed by atoms with E-state index in [0.717, 1.165) is 42.6 Å². The summed E-state index contributed by atoms with van der Waals surface area (Å²) in [5.74, 6) is 1.98. The van der Waals surface area contributed by atoms with Crippen LogP contribution in [0.25, 0.3) is 22.4 Å². The van der Waals surface area contributed by atoms with Gasteiger partial charge in [-0.05, 0) is 61.9 Å². The van der Waals surface area contributed by atoms with E-state index in [0.29, 0.717) is 24.8 Å². The fourth-order valence-electron chi connectivity index (χ4n) is 3.87. The van der Waals surface area contributed by atoms with Gasteiger partial charge in [-0.15, -0.1) is 0 Å². The van der Waals surface area contributed by atoms with Crippen molar-refractivity contribution < 1.29 is 9.84 Å². The summed E-state index contributed by atoms with van der Waals surface area (Å²) in [5, 5.41) is 14.2. The number of rotatable bonds is 7. The minimum absolute atomic E-state index is 0.00553. The Kier molecular flexibility index (Phi) is 6.74. The molecule has 4 aromatic rings. The number of aliphatic hydroxyl groups excluding tert-OH is 1. The smallest absolute Gasteiger partial charge is 0.145 e. The molecule has 4 rings (SSSR count). The van der Waals surface area contributed by atoms with E-state index in [9.17, 15) is 5.11 Å². The maximum atomic E-state index is 9.78. The quantitative estimate of drug-likeness (QED) is 0.305. The largest absolute Gasteiger partial charge is 0.494 e. The highest BCUT2D eigenvalue weighted by Crippen LogP contribution is 2.38. The van der Waals surface area contributed by atoms with Crippen molar-refractivity contribution in [1.29, 1.82) is 0 Å². The number of nitrogens with zero attached hydrogens (tertiary/aromatic N) is 4. The molecule has 32 heavy (non-hydrogen) atoms. The van der Waals surface area contributed by atoms with Crippen LogP contribution >= 0.6 is 31.9 Å². The van der Waals surface area contributed by atoms with E-state index < -0.39 is 0 Å².